The maximum atomic E-state index is 12.3. The van der Waals surface area contributed by atoms with Crippen molar-refractivity contribution in [2.24, 2.45) is 0 Å². The largest absolute Gasteiger partial charge is 0.397 e. The molecule has 0 saturated heterocycles. The van der Waals surface area contributed by atoms with Crippen molar-refractivity contribution >= 4 is 49.1 Å². The Labute approximate surface area is 134 Å². The van der Waals surface area contributed by atoms with Gasteiger partial charge >= 0.3 is 0 Å². The number of anilines is 2. The lowest BCUT2D eigenvalue weighted by molar-refractivity contribution is 0.102. The third-order valence-electron chi connectivity index (χ3n) is 3.00. The molecule has 0 saturated carbocycles. The van der Waals surface area contributed by atoms with Gasteiger partial charge in [-0.3, -0.25) is 4.79 Å². The van der Waals surface area contributed by atoms with Crippen molar-refractivity contribution in [1.82, 2.24) is 0 Å². The first kappa shape index (κ1) is 15.1. The van der Waals surface area contributed by atoms with Crippen LogP contribution in [0.1, 0.15) is 21.5 Å². The molecule has 2 rings (SSSR count). The Hall–Kier alpha value is -1.33. The highest BCUT2D eigenvalue weighted by Crippen LogP contribution is 2.28. The number of nitrogen functional groups attached to an aromatic ring is 1. The molecule has 3 N–H and O–H groups in total. The number of nitrogens with one attached hydrogen (secondary N) is 1. The molecule has 0 aliphatic rings. The fourth-order valence-electron chi connectivity index (χ4n) is 1.86. The highest BCUT2D eigenvalue weighted by Gasteiger charge is 2.11. The number of aryl methyl sites for hydroxylation is 2. The Morgan fingerprint density at radius 3 is 2.40 bits per heavy atom. The van der Waals surface area contributed by atoms with E-state index in [2.05, 4.69) is 37.2 Å². The summed E-state index contributed by atoms with van der Waals surface area (Å²) in [5.74, 6) is -0.178. The summed E-state index contributed by atoms with van der Waals surface area (Å²) in [4.78, 5) is 12.3. The average molecular weight is 398 g/mol. The monoisotopic (exact) mass is 396 g/mol. The SMILES string of the molecule is Cc1ccc(C(=O)Nc2c(C)cc(Br)cc2N)cc1Br. The van der Waals surface area contributed by atoms with Crippen molar-refractivity contribution in [3.05, 3.63) is 56.0 Å². The summed E-state index contributed by atoms with van der Waals surface area (Å²) in [7, 11) is 0. The molecule has 0 aliphatic heterocycles. The van der Waals surface area contributed by atoms with E-state index < -0.39 is 0 Å². The van der Waals surface area contributed by atoms with Gasteiger partial charge in [-0.25, -0.2) is 0 Å². The van der Waals surface area contributed by atoms with Gasteiger partial charge in [0.25, 0.3) is 5.91 Å². The lowest BCUT2D eigenvalue weighted by Gasteiger charge is -2.12. The molecule has 1 amide bonds. The molecule has 0 bridgehead atoms. The highest BCUT2D eigenvalue weighted by molar-refractivity contribution is 9.10. The maximum absolute atomic E-state index is 12.3. The molecule has 0 spiro atoms. The Bertz CT molecular complexity index is 661. The Kier molecular flexibility index (Phi) is 4.50. The molecule has 0 heterocycles. The molecule has 3 nitrogen and oxygen atoms in total. The maximum Gasteiger partial charge on any atom is 0.255 e. The molecule has 0 aromatic heterocycles. The molecule has 2 aromatic carbocycles. The molecule has 2 aromatic rings. The van der Waals surface area contributed by atoms with Crippen LogP contribution in [0.15, 0.2) is 39.3 Å². The van der Waals surface area contributed by atoms with Crippen molar-refractivity contribution < 1.29 is 4.79 Å². The molecule has 20 heavy (non-hydrogen) atoms. The van der Waals surface area contributed by atoms with Crippen molar-refractivity contribution in [3.8, 4) is 0 Å². The summed E-state index contributed by atoms with van der Waals surface area (Å²) in [6, 6.07) is 9.18. The number of benzene rings is 2. The standard InChI is InChI=1S/C15H14Br2N2O/c1-8-3-4-10(6-12(8)17)15(20)19-14-9(2)5-11(16)7-13(14)18/h3-7H,18H2,1-2H3,(H,19,20). The summed E-state index contributed by atoms with van der Waals surface area (Å²) in [6.07, 6.45) is 0. The van der Waals surface area contributed by atoms with Crippen molar-refractivity contribution in [2.75, 3.05) is 11.1 Å². The van der Waals surface area contributed by atoms with Crippen molar-refractivity contribution in [1.29, 1.82) is 0 Å². The molecule has 0 aliphatic carbocycles. The lowest BCUT2D eigenvalue weighted by atomic mass is 10.1. The number of amides is 1. The van der Waals surface area contributed by atoms with E-state index >= 15 is 0 Å². The molecular weight excluding hydrogens is 384 g/mol. The van der Waals surface area contributed by atoms with Gasteiger partial charge in [-0.05, 0) is 49.2 Å². The molecule has 104 valence electrons. The number of rotatable bonds is 2. The van der Waals surface area contributed by atoms with E-state index in [0.29, 0.717) is 16.9 Å². The predicted molar refractivity (Wildman–Crippen MR) is 90.1 cm³/mol. The van der Waals surface area contributed by atoms with Crippen LogP contribution < -0.4 is 11.1 Å². The first-order valence-corrected chi connectivity index (χ1v) is 7.60. The molecule has 0 unspecified atom stereocenters. The van der Waals surface area contributed by atoms with Crippen molar-refractivity contribution in [3.63, 3.8) is 0 Å². The molecule has 0 fully saturated rings. The zero-order valence-electron chi connectivity index (χ0n) is 11.1. The predicted octanol–water partition coefficient (Wildman–Crippen LogP) is 4.66. The summed E-state index contributed by atoms with van der Waals surface area (Å²) in [5, 5.41) is 2.86. The fourth-order valence-corrected chi connectivity index (χ4v) is 2.83. The van der Waals surface area contributed by atoms with Gasteiger partial charge < -0.3 is 11.1 Å². The van der Waals surface area contributed by atoms with Crippen LogP contribution in [-0.4, -0.2) is 5.91 Å². The minimum atomic E-state index is -0.178. The van der Waals surface area contributed by atoms with Gasteiger partial charge in [-0.1, -0.05) is 37.9 Å². The van der Waals surface area contributed by atoms with Gasteiger partial charge in [0.15, 0.2) is 0 Å². The van der Waals surface area contributed by atoms with Crippen LogP contribution in [0.2, 0.25) is 0 Å². The minimum Gasteiger partial charge on any atom is -0.397 e. The fraction of sp³-hybridized carbons (Fsp3) is 0.133. The second-order valence-electron chi connectivity index (χ2n) is 4.61. The number of carbonyl (C=O) groups excluding carboxylic acids is 1. The summed E-state index contributed by atoms with van der Waals surface area (Å²) >= 11 is 6.80. The lowest BCUT2D eigenvalue weighted by Crippen LogP contribution is -2.14. The van der Waals surface area contributed by atoms with Crippen LogP contribution in [0.3, 0.4) is 0 Å². The van der Waals surface area contributed by atoms with Crippen LogP contribution in [0.5, 0.6) is 0 Å². The van der Waals surface area contributed by atoms with Crippen LogP contribution in [0.4, 0.5) is 11.4 Å². The molecular formula is C15H14Br2N2O. The van der Waals surface area contributed by atoms with E-state index in [1.54, 1.807) is 18.2 Å². The van der Waals surface area contributed by atoms with Crippen LogP contribution in [0.25, 0.3) is 0 Å². The minimum absolute atomic E-state index is 0.178. The second-order valence-corrected chi connectivity index (χ2v) is 6.38. The van der Waals surface area contributed by atoms with E-state index in [-0.39, 0.29) is 5.91 Å². The first-order valence-electron chi connectivity index (χ1n) is 6.01. The third-order valence-corrected chi connectivity index (χ3v) is 4.32. The number of nitrogens with two attached hydrogens (primary N) is 1. The van der Waals surface area contributed by atoms with Gasteiger partial charge in [0, 0.05) is 14.5 Å². The van der Waals surface area contributed by atoms with Gasteiger partial charge in [0.1, 0.15) is 0 Å². The number of carbonyl (C=O) groups is 1. The van der Waals surface area contributed by atoms with Gasteiger partial charge in [-0.15, -0.1) is 0 Å². The Balaban J connectivity index is 2.30. The van der Waals surface area contributed by atoms with Gasteiger partial charge in [0.2, 0.25) is 0 Å². The van der Waals surface area contributed by atoms with Gasteiger partial charge in [-0.2, -0.15) is 0 Å². The van der Waals surface area contributed by atoms with Crippen LogP contribution in [0, 0.1) is 13.8 Å². The van der Waals surface area contributed by atoms with Crippen molar-refractivity contribution in [2.45, 2.75) is 13.8 Å². The average Bonchev–Trinajstić information content (AvgIpc) is 2.36. The van der Waals surface area contributed by atoms with E-state index in [1.165, 1.54) is 0 Å². The molecule has 0 atom stereocenters. The third kappa shape index (κ3) is 3.22. The number of hydrogen-bond donors (Lipinski definition) is 2. The normalized spacial score (nSPS) is 10.4. The van der Waals surface area contributed by atoms with Crippen LogP contribution >= 0.6 is 31.9 Å². The molecule has 0 radical (unpaired) electrons. The van der Waals surface area contributed by atoms with Crippen LogP contribution in [-0.2, 0) is 0 Å². The van der Waals surface area contributed by atoms with E-state index in [1.807, 2.05) is 26.0 Å². The van der Waals surface area contributed by atoms with E-state index in [9.17, 15) is 4.79 Å². The number of hydrogen-bond acceptors (Lipinski definition) is 2. The highest BCUT2D eigenvalue weighted by atomic mass is 79.9. The zero-order valence-corrected chi connectivity index (χ0v) is 14.3. The zero-order chi connectivity index (χ0) is 14.9. The first-order chi connectivity index (χ1) is 9.38. The quantitative estimate of drug-likeness (QED) is 0.723. The number of halogens is 2. The van der Waals surface area contributed by atoms with Gasteiger partial charge in [0.05, 0.1) is 11.4 Å². The summed E-state index contributed by atoms with van der Waals surface area (Å²) in [6.45, 7) is 3.88. The molecule has 5 heteroatoms. The van der Waals surface area contributed by atoms with E-state index in [4.69, 9.17) is 5.73 Å². The summed E-state index contributed by atoms with van der Waals surface area (Å²) < 4.78 is 1.80. The topological polar surface area (TPSA) is 55.1 Å². The Morgan fingerprint density at radius 1 is 1.10 bits per heavy atom. The van der Waals surface area contributed by atoms with E-state index in [0.717, 1.165) is 20.1 Å². The second kappa shape index (κ2) is 5.97. The smallest absolute Gasteiger partial charge is 0.255 e. The Morgan fingerprint density at radius 2 is 1.80 bits per heavy atom. The summed E-state index contributed by atoms with van der Waals surface area (Å²) in [5.41, 5.74) is 9.72.